The quantitative estimate of drug-likeness (QED) is 0.0322. The van der Waals surface area contributed by atoms with Crippen molar-refractivity contribution in [2.75, 3.05) is 18.5 Å². The summed E-state index contributed by atoms with van der Waals surface area (Å²) in [6, 6.07) is 0. The van der Waals surface area contributed by atoms with Gasteiger partial charge < -0.3 is 15.1 Å². The normalized spacial score (nSPS) is 18.9. The number of unbranched alkanes of at least 4 members (excludes halogenated alkanes) is 27. The van der Waals surface area contributed by atoms with E-state index in [0.717, 1.165) is 54.8 Å². The maximum atomic E-state index is 12.3. The van der Waals surface area contributed by atoms with Crippen LogP contribution in [0, 0.1) is 0 Å². The monoisotopic (exact) mass is 993 g/mol. The van der Waals surface area contributed by atoms with Gasteiger partial charge in [0.25, 0.3) is 0 Å². The van der Waals surface area contributed by atoms with Crippen LogP contribution in [-0.4, -0.2) is 39.5 Å². The lowest BCUT2D eigenvalue weighted by molar-refractivity contribution is -0.479. The van der Waals surface area contributed by atoms with E-state index in [1.54, 1.807) is 0 Å². The molecule has 16 heteroatoms. The highest BCUT2D eigenvalue weighted by Crippen LogP contribution is 2.49. The molecule has 0 aliphatic carbocycles. The topological polar surface area (TPSA) is 147 Å². The molecule has 3 aliphatic rings. The highest BCUT2D eigenvalue weighted by molar-refractivity contribution is 7.70. The average Bonchev–Trinajstić information content (AvgIpc) is 3.96. The van der Waals surface area contributed by atoms with Crippen LogP contribution in [0.5, 0.6) is 0 Å². The number of fused-ring (bicyclic) bond motifs is 3. The molecule has 384 valence electrons. The first-order chi connectivity index (χ1) is 32.4. The molecule has 6 heterocycles. The van der Waals surface area contributed by atoms with E-state index in [0.29, 0.717) is 0 Å². The van der Waals surface area contributed by atoms with Gasteiger partial charge in [-0.25, -0.2) is 13.7 Å². The molecule has 0 bridgehead atoms. The van der Waals surface area contributed by atoms with Gasteiger partial charge in [-0.05, 0) is 38.5 Å². The number of aromatic nitrogens is 6. The molecular weight excluding hydrogens is 896 g/mol. The van der Waals surface area contributed by atoms with Gasteiger partial charge in [-0.2, -0.15) is 13.0 Å². The average molecular weight is 993 g/mol. The molecule has 3 aromatic rings. The number of hydrogen-bond acceptors (Lipinski definition) is 6. The second kappa shape index (κ2) is 33.0. The molecule has 0 saturated carbocycles. The predicted molar refractivity (Wildman–Crippen MR) is 275 cm³/mol. The number of nitrogens with zero attached hydrogens (tertiary/aromatic N) is 6. The van der Waals surface area contributed by atoms with Gasteiger partial charge in [-0.15, -0.1) is 0 Å². The Kier molecular flexibility index (Phi) is 29.4. The highest BCUT2D eigenvalue weighted by Gasteiger charge is 2.60. The van der Waals surface area contributed by atoms with Crippen LogP contribution >= 0.6 is 21.9 Å². The first-order valence-corrected chi connectivity index (χ1v) is 33.1. The zero-order chi connectivity index (χ0) is 49.0. The molecule has 0 spiro atoms. The fourth-order valence-corrected chi connectivity index (χ4v) is 16.7. The Balaban J connectivity index is 0.000000256. The van der Waals surface area contributed by atoms with Crippen molar-refractivity contribution >= 4 is 45.9 Å². The zero-order valence-electron chi connectivity index (χ0n) is 43.5. The first kappa shape index (κ1) is 59.6. The van der Waals surface area contributed by atoms with E-state index in [1.165, 1.54) is 193 Å². The Bertz CT molecular complexity index is 1720. The summed E-state index contributed by atoms with van der Waals surface area (Å²) in [4.78, 5) is 0. The van der Waals surface area contributed by atoms with E-state index in [4.69, 9.17) is 15.1 Å². The molecule has 67 heavy (non-hydrogen) atoms. The molecule has 12 nitrogen and oxygen atoms in total. The third kappa shape index (κ3) is 19.8. The summed E-state index contributed by atoms with van der Waals surface area (Å²) in [5, 5.41) is 25.2. The van der Waals surface area contributed by atoms with Gasteiger partial charge >= 0.3 is 38.6 Å². The molecule has 0 saturated heterocycles. The SMILES string of the molecule is CCCCCCCCCCCCn1cc[n+]2c1P2(=O)CC.CCCCCCCCCCCCn1cc[n+]2c1P2(=O)CC.CCCCCCCCCCCCn1cc[n+]2c1P2(=O)CC.[O-]B([O-])[O-]. The Morgan fingerprint density at radius 3 is 0.701 bits per heavy atom. The van der Waals surface area contributed by atoms with Gasteiger partial charge in [0, 0.05) is 18.5 Å². The van der Waals surface area contributed by atoms with Gasteiger partial charge in [-0.3, -0.25) is 21.0 Å². The smallest absolute Gasteiger partial charge is 0.363 e. The van der Waals surface area contributed by atoms with E-state index in [-0.39, 0.29) is 0 Å². The number of imidazole rings is 3. The molecule has 0 fully saturated rings. The molecule has 0 N–H and O–H groups in total. The Morgan fingerprint density at radius 1 is 0.358 bits per heavy atom. The lowest BCUT2D eigenvalue weighted by Crippen LogP contribution is -2.56. The van der Waals surface area contributed by atoms with Crippen LogP contribution in [0.2, 0.25) is 0 Å². The van der Waals surface area contributed by atoms with Crippen LogP contribution in [0.15, 0.2) is 37.2 Å². The molecule has 0 radical (unpaired) electrons. The summed E-state index contributed by atoms with van der Waals surface area (Å²) in [6.07, 6.45) is 55.7. The molecule has 3 aromatic heterocycles. The molecular formula is C51H96BN6O6P3. The van der Waals surface area contributed by atoms with Crippen LogP contribution in [0.3, 0.4) is 0 Å². The van der Waals surface area contributed by atoms with E-state index < -0.39 is 29.2 Å². The Morgan fingerprint density at radius 2 is 0.537 bits per heavy atom. The van der Waals surface area contributed by atoms with Gasteiger partial charge in [0.15, 0.2) is 0 Å². The maximum Gasteiger partial charge on any atom is 0.363 e. The van der Waals surface area contributed by atoms with Crippen LogP contribution in [0.25, 0.3) is 0 Å². The summed E-state index contributed by atoms with van der Waals surface area (Å²) in [6.45, 7) is 16.0. The number of rotatable bonds is 36. The summed E-state index contributed by atoms with van der Waals surface area (Å²) >= 11 is 0. The Hall–Kier alpha value is -1.74. The van der Waals surface area contributed by atoms with Crippen LogP contribution in [0.4, 0.5) is 0 Å². The van der Waals surface area contributed by atoms with E-state index in [9.17, 15) is 13.7 Å². The van der Waals surface area contributed by atoms with Crippen molar-refractivity contribution in [2.24, 2.45) is 0 Å². The van der Waals surface area contributed by atoms with Crippen molar-refractivity contribution in [2.45, 2.75) is 254 Å². The van der Waals surface area contributed by atoms with Gasteiger partial charge in [-0.1, -0.05) is 196 Å². The van der Waals surface area contributed by atoms with Crippen molar-refractivity contribution in [3.8, 4) is 0 Å². The van der Waals surface area contributed by atoms with Crippen molar-refractivity contribution in [3.05, 3.63) is 37.2 Å². The fraction of sp³-hybridized carbons (Fsp3) is 0.824. The van der Waals surface area contributed by atoms with Crippen molar-refractivity contribution < 1.29 is 41.8 Å². The number of hydrogen-bond donors (Lipinski definition) is 0. The van der Waals surface area contributed by atoms with Crippen molar-refractivity contribution in [1.82, 2.24) is 13.7 Å². The van der Waals surface area contributed by atoms with E-state index in [2.05, 4.69) is 53.1 Å². The second-order valence-corrected chi connectivity index (χ2v) is 27.9. The van der Waals surface area contributed by atoms with Crippen LogP contribution in [-0.2, 0) is 33.3 Å². The van der Waals surface area contributed by atoms with Crippen molar-refractivity contribution in [3.63, 3.8) is 0 Å². The summed E-state index contributed by atoms with van der Waals surface area (Å²) in [5.74, 6) is 0. The first-order valence-electron chi connectivity index (χ1n) is 27.6. The third-order valence-electron chi connectivity index (χ3n) is 14.0. The zero-order valence-corrected chi connectivity index (χ0v) is 46.2. The number of aryl methyl sites for hydroxylation is 3. The Labute approximate surface area is 409 Å². The van der Waals surface area contributed by atoms with Crippen LogP contribution in [0.1, 0.15) is 234 Å². The molecule has 0 aromatic carbocycles. The van der Waals surface area contributed by atoms with E-state index in [1.807, 2.05) is 52.4 Å². The van der Waals surface area contributed by atoms with Crippen molar-refractivity contribution in [1.29, 1.82) is 0 Å². The lowest BCUT2D eigenvalue weighted by atomic mass is 10.1. The lowest BCUT2D eigenvalue weighted by Gasteiger charge is -2.35. The molecule has 3 unspecified atom stereocenters. The largest absolute Gasteiger partial charge is 0.907 e. The van der Waals surface area contributed by atoms with E-state index >= 15 is 0 Å². The minimum Gasteiger partial charge on any atom is -0.907 e. The molecule has 0 amide bonds. The standard InChI is InChI=1S/3C17H32N2OP.BO3/c3*1-3-5-6-7-8-9-10-11-12-13-14-18-15-16-19-17(18)21(19,20)4-2;2-1(3)4/h3*15-16H,3-14H2,1-2H3;/q3*+1;-3. The second-order valence-electron chi connectivity index (χ2n) is 19.3. The van der Waals surface area contributed by atoms with Gasteiger partial charge in [0.1, 0.15) is 37.2 Å². The minimum absolute atomic E-state index is 0.779. The predicted octanol–water partition coefficient (Wildman–Crippen LogP) is 9.50. The maximum absolute atomic E-state index is 12.3. The molecule has 3 atom stereocenters. The summed E-state index contributed by atoms with van der Waals surface area (Å²) in [5.41, 5.74) is 3.29. The highest BCUT2D eigenvalue weighted by atomic mass is 31.2. The van der Waals surface area contributed by atoms with Gasteiger partial charge in [0.2, 0.25) is 0 Å². The van der Waals surface area contributed by atoms with Crippen LogP contribution < -0.4 is 44.8 Å². The third-order valence-corrected chi connectivity index (χ3v) is 22.3. The minimum atomic E-state index is -2.92. The molecule has 3 aliphatic heterocycles. The van der Waals surface area contributed by atoms with Gasteiger partial charge in [0.05, 0.1) is 19.6 Å². The fourth-order valence-electron chi connectivity index (χ4n) is 9.58. The summed E-state index contributed by atoms with van der Waals surface area (Å²) in [7, 11) is -9.09. The summed E-state index contributed by atoms with van der Waals surface area (Å²) < 4.78 is 49.6. The molecule has 6 rings (SSSR count).